The van der Waals surface area contributed by atoms with E-state index in [0.717, 1.165) is 43.1 Å². The average Bonchev–Trinajstić information content (AvgIpc) is 2.74. The molecule has 1 aliphatic rings. The normalized spacial score (nSPS) is 15.6. The quantitative estimate of drug-likeness (QED) is 0.661. The van der Waals surface area contributed by atoms with Crippen molar-refractivity contribution in [1.82, 2.24) is 10.2 Å². The Morgan fingerprint density at radius 1 is 0.929 bits per heavy atom. The standard InChI is InChI=1S/C24H25ClN2O/c25-23-9-6-18(7-10-23)17-27-13-11-21(12-14-27)24(28)26-16-19-5-8-20-3-1-2-4-22(20)15-19/h1-10,15,21H,11-14,16-17H2,(H,26,28). The van der Waals surface area contributed by atoms with Crippen LogP contribution in [0.15, 0.2) is 66.7 Å². The summed E-state index contributed by atoms with van der Waals surface area (Å²) < 4.78 is 0. The fourth-order valence-corrected chi connectivity index (χ4v) is 4.01. The zero-order chi connectivity index (χ0) is 19.3. The van der Waals surface area contributed by atoms with Gasteiger partial charge in [-0.2, -0.15) is 0 Å². The first-order valence-corrected chi connectivity index (χ1v) is 10.3. The number of amides is 1. The molecule has 0 atom stereocenters. The molecular weight excluding hydrogens is 368 g/mol. The van der Waals surface area contributed by atoms with Gasteiger partial charge in [0.2, 0.25) is 5.91 Å². The lowest BCUT2D eigenvalue weighted by Gasteiger charge is -2.31. The van der Waals surface area contributed by atoms with Crippen molar-refractivity contribution in [3.05, 3.63) is 82.9 Å². The maximum Gasteiger partial charge on any atom is 0.223 e. The van der Waals surface area contributed by atoms with Gasteiger partial charge >= 0.3 is 0 Å². The molecule has 1 N–H and O–H groups in total. The molecule has 1 fully saturated rings. The van der Waals surface area contributed by atoms with Crippen molar-refractivity contribution in [1.29, 1.82) is 0 Å². The van der Waals surface area contributed by atoms with Gasteiger partial charge in [-0.25, -0.2) is 0 Å². The fourth-order valence-electron chi connectivity index (χ4n) is 3.88. The number of likely N-dealkylation sites (tertiary alicyclic amines) is 1. The molecule has 0 unspecified atom stereocenters. The van der Waals surface area contributed by atoms with Gasteiger partial charge in [0.25, 0.3) is 0 Å². The highest BCUT2D eigenvalue weighted by Crippen LogP contribution is 2.21. The summed E-state index contributed by atoms with van der Waals surface area (Å²) in [6.45, 7) is 3.42. The summed E-state index contributed by atoms with van der Waals surface area (Å²) in [7, 11) is 0. The summed E-state index contributed by atoms with van der Waals surface area (Å²) in [6, 6.07) is 22.7. The Hall–Kier alpha value is -2.36. The number of hydrogen-bond donors (Lipinski definition) is 1. The maximum absolute atomic E-state index is 12.6. The number of halogens is 1. The van der Waals surface area contributed by atoms with Crippen LogP contribution in [0.5, 0.6) is 0 Å². The molecule has 3 aromatic carbocycles. The monoisotopic (exact) mass is 392 g/mol. The third-order valence-electron chi connectivity index (χ3n) is 5.56. The van der Waals surface area contributed by atoms with E-state index < -0.39 is 0 Å². The Balaban J connectivity index is 1.26. The predicted molar refractivity (Wildman–Crippen MR) is 115 cm³/mol. The summed E-state index contributed by atoms with van der Waals surface area (Å²) in [6.07, 6.45) is 1.83. The van der Waals surface area contributed by atoms with Crippen molar-refractivity contribution in [3.8, 4) is 0 Å². The van der Waals surface area contributed by atoms with Crippen LogP contribution in [0.2, 0.25) is 5.02 Å². The Morgan fingerprint density at radius 2 is 1.61 bits per heavy atom. The molecule has 0 saturated carbocycles. The molecule has 1 heterocycles. The zero-order valence-electron chi connectivity index (χ0n) is 15.9. The van der Waals surface area contributed by atoms with Crippen molar-refractivity contribution in [2.75, 3.05) is 13.1 Å². The van der Waals surface area contributed by atoms with E-state index in [1.165, 1.54) is 16.3 Å². The Labute approximate surface area is 171 Å². The molecule has 0 spiro atoms. The van der Waals surface area contributed by atoms with Crippen LogP contribution in [0.4, 0.5) is 0 Å². The fraction of sp³-hybridized carbons (Fsp3) is 0.292. The number of carbonyl (C=O) groups excluding carboxylic acids is 1. The molecular formula is C24H25ClN2O. The van der Waals surface area contributed by atoms with E-state index in [9.17, 15) is 4.79 Å². The van der Waals surface area contributed by atoms with Gasteiger partial charge in [0, 0.05) is 24.0 Å². The summed E-state index contributed by atoms with van der Waals surface area (Å²) in [5, 5.41) is 6.34. The van der Waals surface area contributed by atoms with Crippen molar-refractivity contribution in [2.45, 2.75) is 25.9 Å². The van der Waals surface area contributed by atoms with Crippen LogP contribution >= 0.6 is 11.6 Å². The van der Waals surface area contributed by atoms with Gasteiger partial charge in [-0.05, 0) is 66.0 Å². The molecule has 3 aromatic rings. The summed E-state index contributed by atoms with van der Waals surface area (Å²) in [5.74, 6) is 0.293. The van der Waals surface area contributed by atoms with Gasteiger partial charge < -0.3 is 5.32 Å². The molecule has 0 aliphatic carbocycles. The average molecular weight is 393 g/mol. The second-order valence-electron chi connectivity index (χ2n) is 7.58. The lowest BCUT2D eigenvalue weighted by atomic mass is 9.95. The van der Waals surface area contributed by atoms with Crippen LogP contribution in [0.25, 0.3) is 10.8 Å². The first kappa shape index (κ1) is 19.0. The minimum absolute atomic E-state index is 0.113. The lowest BCUT2D eigenvalue weighted by Crippen LogP contribution is -2.40. The van der Waals surface area contributed by atoms with Crippen LogP contribution in [0.1, 0.15) is 24.0 Å². The molecule has 0 radical (unpaired) electrons. The van der Waals surface area contributed by atoms with E-state index in [4.69, 9.17) is 11.6 Å². The number of nitrogens with zero attached hydrogens (tertiary/aromatic N) is 1. The van der Waals surface area contributed by atoms with Gasteiger partial charge in [-0.15, -0.1) is 0 Å². The third-order valence-corrected chi connectivity index (χ3v) is 5.81. The smallest absolute Gasteiger partial charge is 0.223 e. The van der Waals surface area contributed by atoms with Crippen molar-refractivity contribution in [3.63, 3.8) is 0 Å². The Morgan fingerprint density at radius 3 is 2.36 bits per heavy atom. The largest absolute Gasteiger partial charge is 0.352 e. The number of benzene rings is 3. The predicted octanol–water partition coefficient (Wildman–Crippen LogP) is 5.02. The second kappa shape index (κ2) is 8.76. The first-order chi connectivity index (χ1) is 13.7. The number of nitrogens with one attached hydrogen (secondary N) is 1. The van der Waals surface area contributed by atoms with Gasteiger partial charge in [0.05, 0.1) is 0 Å². The first-order valence-electron chi connectivity index (χ1n) is 9.89. The Kier molecular flexibility index (Phi) is 5.94. The third kappa shape index (κ3) is 4.73. The van der Waals surface area contributed by atoms with E-state index >= 15 is 0 Å². The van der Waals surface area contributed by atoms with Crippen LogP contribution in [0, 0.1) is 5.92 Å². The van der Waals surface area contributed by atoms with Crippen LogP contribution in [-0.2, 0) is 17.9 Å². The van der Waals surface area contributed by atoms with Crippen LogP contribution < -0.4 is 5.32 Å². The molecule has 1 saturated heterocycles. The minimum Gasteiger partial charge on any atom is -0.352 e. The van der Waals surface area contributed by atoms with Crippen LogP contribution in [0.3, 0.4) is 0 Å². The van der Waals surface area contributed by atoms with Crippen molar-refractivity contribution >= 4 is 28.3 Å². The zero-order valence-corrected chi connectivity index (χ0v) is 16.7. The number of carbonyl (C=O) groups is 1. The summed E-state index contributed by atoms with van der Waals surface area (Å²) in [4.78, 5) is 15.0. The number of piperidine rings is 1. The van der Waals surface area contributed by atoms with Crippen molar-refractivity contribution < 1.29 is 4.79 Å². The molecule has 0 aromatic heterocycles. The van der Waals surface area contributed by atoms with Gasteiger partial charge in [-0.3, -0.25) is 9.69 Å². The van der Waals surface area contributed by atoms with Gasteiger partial charge in [-0.1, -0.05) is 60.1 Å². The number of hydrogen-bond acceptors (Lipinski definition) is 2. The van der Waals surface area contributed by atoms with E-state index in [1.54, 1.807) is 0 Å². The summed E-state index contributed by atoms with van der Waals surface area (Å²) in [5.41, 5.74) is 2.41. The molecule has 3 nitrogen and oxygen atoms in total. The second-order valence-corrected chi connectivity index (χ2v) is 8.01. The van der Waals surface area contributed by atoms with E-state index in [1.807, 2.05) is 24.3 Å². The van der Waals surface area contributed by atoms with E-state index in [2.05, 4.69) is 52.7 Å². The maximum atomic E-state index is 12.6. The lowest BCUT2D eigenvalue weighted by molar-refractivity contribution is -0.126. The molecule has 0 bridgehead atoms. The van der Waals surface area contributed by atoms with Gasteiger partial charge in [0.15, 0.2) is 0 Å². The number of rotatable bonds is 5. The Bertz CT molecular complexity index is 946. The topological polar surface area (TPSA) is 32.3 Å². The van der Waals surface area contributed by atoms with Crippen LogP contribution in [-0.4, -0.2) is 23.9 Å². The SMILES string of the molecule is O=C(NCc1ccc2ccccc2c1)C1CCN(Cc2ccc(Cl)cc2)CC1. The van der Waals surface area contributed by atoms with E-state index in [0.29, 0.717) is 6.54 Å². The molecule has 1 aliphatic heterocycles. The highest BCUT2D eigenvalue weighted by Gasteiger charge is 2.24. The summed E-state index contributed by atoms with van der Waals surface area (Å²) >= 11 is 5.95. The molecule has 4 heteroatoms. The molecule has 4 rings (SSSR count). The molecule has 1 amide bonds. The van der Waals surface area contributed by atoms with Gasteiger partial charge in [0.1, 0.15) is 0 Å². The molecule has 144 valence electrons. The highest BCUT2D eigenvalue weighted by atomic mass is 35.5. The number of fused-ring (bicyclic) bond motifs is 1. The molecule has 28 heavy (non-hydrogen) atoms. The van der Waals surface area contributed by atoms with Crippen molar-refractivity contribution in [2.24, 2.45) is 5.92 Å². The highest BCUT2D eigenvalue weighted by molar-refractivity contribution is 6.30. The van der Waals surface area contributed by atoms with E-state index in [-0.39, 0.29) is 11.8 Å². The minimum atomic E-state index is 0.113.